The molecule has 3 aromatic rings. The maximum atomic E-state index is 6.01. The molecular weight excluding hydrogens is 384 g/mol. The molecule has 1 N–H and O–H groups in total. The summed E-state index contributed by atoms with van der Waals surface area (Å²) in [5, 5.41) is 8.47. The molecule has 0 spiro atoms. The number of nitrogens with one attached hydrogen (secondary N) is 1. The molecule has 0 bridgehead atoms. The zero-order valence-corrected chi connectivity index (χ0v) is 17.7. The van der Waals surface area contributed by atoms with Crippen LogP contribution in [0.3, 0.4) is 0 Å². The summed E-state index contributed by atoms with van der Waals surface area (Å²) in [5.74, 6) is 2.66. The van der Waals surface area contributed by atoms with Gasteiger partial charge in [-0.15, -0.1) is 11.8 Å². The van der Waals surface area contributed by atoms with E-state index in [1.165, 1.54) is 17.7 Å². The highest BCUT2D eigenvalue weighted by atomic mass is 32.2. The number of thioether (sulfide) groups is 1. The van der Waals surface area contributed by atoms with Gasteiger partial charge in [0.1, 0.15) is 30.2 Å². The lowest BCUT2D eigenvalue weighted by Crippen LogP contribution is -2.29. The summed E-state index contributed by atoms with van der Waals surface area (Å²) in [6, 6.07) is 6.75. The molecular formula is C21H26N6OS. The number of imidazole rings is 1. The molecule has 0 aliphatic carbocycles. The fraction of sp³-hybridized carbons (Fsp3) is 0.476. The van der Waals surface area contributed by atoms with Gasteiger partial charge < -0.3 is 14.6 Å². The Kier molecular flexibility index (Phi) is 5.05. The third-order valence-corrected chi connectivity index (χ3v) is 6.77. The normalized spacial score (nSPS) is 16.9. The zero-order valence-electron chi connectivity index (χ0n) is 16.8. The average Bonchev–Trinajstić information content (AvgIpc) is 3.34. The Bertz CT molecular complexity index is 1000. The van der Waals surface area contributed by atoms with Crippen LogP contribution in [0.15, 0.2) is 35.6 Å². The molecule has 5 rings (SSSR count). The molecule has 1 fully saturated rings. The van der Waals surface area contributed by atoms with Crippen LogP contribution in [0.1, 0.15) is 32.7 Å². The van der Waals surface area contributed by atoms with Crippen molar-refractivity contribution in [3.05, 3.63) is 30.7 Å². The number of benzene rings is 1. The van der Waals surface area contributed by atoms with E-state index in [0.29, 0.717) is 11.9 Å². The Morgan fingerprint density at radius 3 is 2.90 bits per heavy atom. The monoisotopic (exact) mass is 410 g/mol. The van der Waals surface area contributed by atoms with Crippen LogP contribution in [0.4, 0.5) is 0 Å². The second-order valence-electron chi connectivity index (χ2n) is 7.84. The lowest BCUT2D eigenvalue weighted by Gasteiger charge is -2.22. The quantitative estimate of drug-likeness (QED) is 0.708. The third-order valence-electron chi connectivity index (χ3n) is 5.44. The summed E-state index contributed by atoms with van der Waals surface area (Å²) in [6.45, 7) is 7.82. The number of rotatable bonds is 4. The number of ether oxygens (including phenoxy) is 1. The van der Waals surface area contributed by atoms with E-state index in [0.717, 1.165) is 48.3 Å². The standard InChI is InChI=1S/C21H26N6OS/c1-14(2)27-21(23-13-24-27)18-12-26-9-10-28-19-4-3-16(11-17(19)20(26)25-18)29-15-5-7-22-8-6-15/h3-4,11-15,22H,5-10H2,1-2H3. The van der Waals surface area contributed by atoms with Gasteiger partial charge in [-0.3, -0.25) is 0 Å². The van der Waals surface area contributed by atoms with Gasteiger partial charge in [0.05, 0.1) is 12.1 Å². The average molecular weight is 411 g/mol. The second-order valence-corrected chi connectivity index (χ2v) is 9.21. The van der Waals surface area contributed by atoms with E-state index in [2.05, 4.69) is 58.2 Å². The Hall–Kier alpha value is -2.32. The van der Waals surface area contributed by atoms with Crippen LogP contribution < -0.4 is 10.1 Å². The minimum absolute atomic E-state index is 0.234. The van der Waals surface area contributed by atoms with Crippen molar-refractivity contribution in [2.45, 2.75) is 49.4 Å². The van der Waals surface area contributed by atoms with E-state index >= 15 is 0 Å². The fourth-order valence-electron chi connectivity index (χ4n) is 3.96. The zero-order chi connectivity index (χ0) is 19.8. The van der Waals surface area contributed by atoms with Gasteiger partial charge in [0.2, 0.25) is 0 Å². The number of nitrogens with zero attached hydrogens (tertiary/aromatic N) is 5. The summed E-state index contributed by atoms with van der Waals surface area (Å²) >= 11 is 1.97. The van der Waals surface area contributed by atoms with Gasteiger partial charge in [-0.1, -0.05) is 0 Å². The van der Waals surface area contributed by atoms with Crippen molar-refractivity contribution in [1.29, 1.82) is 0 Å². The van der Waals surface area contributed by atoms with Gasteiger partial charge in [0.25, 0.3) is 0 Å². The number of hydrogen-bond donors (Lipinski definition) is 1. The molecule has 0 amide bonds. The van der Waals surface area contributed by atoms with Crippen molar-refractivity contribution in [3.63, 3.8) is 0 Å². The van der Waals surface area contributed by atoms with Crippen LogP contribution in [-0.4, -0.2) is 49.3 Å². The minimum atomic E-state index is 0.234. The molecule has 2 aliphatic rings. The third kappa shape index (κ3) is 3.67. The van der Waals surface area contributed by atoms with Gasteiger partial charge in [-0.25, -0.2) is 14.6 Å². The first kappa shape index (κ1) is 18.7. The number of fused-ring (bicyclic) bond motifs is 3. The van der Waals surface area contributed by atoms with Crippen molar-refractivity contribution in [3.8, 4) is 28.7 Å². The van der Waals surface area contributed by atoms with E-state index in [1.54, 1.807) is 6.33 Å². The molecule has 0 unspecified atom stereocenters. The Balaban J connectivity index is 1.51. The van der Waals surface area contributed by atoms with Crippen molar-refractivity contribution >= 4 is 11.8 Å². The molecule has 1 saturated heterocycles. The van der Waals surface area contributed by atoms with Crippen LogP contribution >= 0.6 is 11.8 Å². The van der Waals surface area contributed by atoms with Gasteiger partial charge in [0, 0.05) is 22.4 Å². The molecule has 0 atom stereocenters. The molecule has 0 radical (unpaired) electrons. The van der Waals surface area contributed by atoms with Crippen molar-refractivity contribution in [1.82, 2.24) is 29.6 Å². The van der Waals surface area contributed by atoms with Crippen LogP contribution in [0.25, 0.3) is 22.9 Å². The molecule has 4 heterocycles. The summed E-state index contributed by atoms with van der Waals surface area (Å²) < 4.78 is 10.1. The second kappa shape index (κ2) is 7.84. The van der Waals surface area contributed by atoms with Gasteiger partial charge in [-0.05, 0) is 58.0 Å². The van der Waals surface area contributed by atoms with E-state index in [1.807, 2.05) is 16.4 Å². The highest BCUT2D eigenvalue weighted by Crippen LogP contribution is 2.38. The Morgan fingerprint density at radius 1 is 1.21 bits per heavy atom. The predicted octanol–water partition coefficient (Wildman–Crippen LogP) is 3.63. The van der Waals surface area contributed by atoms with Gasteiger partial charge in [0.15, 0.2) is 5.82 Å². The fourth-order valence-corrected chi connectivity index (χ4v) is 5.15. The minimum Gasteiger partial charge on any atom is -0.491 e. The molecule has 7 nitrogen and oxygen atoms in total. The van der Waals surface area contributed by atoms with Crippen LogP contribution in [-0.2, 0) is 6.54 Å². The number of aromatic nitrogens is 5. The SMILES string of the molecule is CC(C)n1ncnc1-c1cn2c(n1)-c1cc(SC3CCNCC3)ccc1OCC2. The Labute approximate surface area is 174 Å². The molecule has 29 heavy (non-hydrogen) atoms. The lowest BCUT2D eigenvalue weighted by atomic mass is 10.2. The summed E-state index contributed by atoms with van der Waals surface area (Å²) in [7, 11) is 0. The maximum Gasteiger partial charge on any atom is 0.178 e. The molecule has 152 valence electrons. The summed E-state index contributed by atoms with van der Waals surface area (Å²) in [5.41, 5.74) is 1.92. The highest BCUT2D eigenvalue weighted by Gasteiger charge is 2.23. The molecule has 1 aromatic carbocycles. The first-order chi connectivity index (χ1) is 14.2. The molecule has 0 saturated carbocycles. The summed E-state index contributed by atoms with van der Waals surface area (Å²) in [4.78, 5) is 10.7. The first-order valence-corrected chi connectivity index (χ1v) is 11.2. The predicted molar refractivity (Wildman–Crippen MR) is 114 cm³/mol. The van der Waals surface area contributed by atoms with Crippen molar-refractivity contribution in [2.75, 3.05) is 19.7 Å². The van der Waals surface area contributed by atoms with Crippen LogP contribution in [0, 0.1) is 0 Å². The topological polar surface area (TPSA) is 69.8 Å². The van der Waals surface area contributed by atoms with E-state index in [9.17, 15) is 0 Å². The molecule has 8 heteroatoms. The van der Waals surface area contributed by atoms with Crippen molar-refractivity contribution in [2.24, 2.45) is 0 Å². The number of piperidine rings is 1. The Morgan fingerprint density at radius 2 is 2.07 bits per heavy atom. The lowest BCUT2D eigenvalue weighted by molar-refractivity contribution is 0.306. The van der Waals surface area contributed by atoms with Crippen LogP contribution in [0.5, 0.6) is 5.75 Å². The highest BCUT2D eigenvalue weighted by molar-refractivity contribution is 8.00. The largest absolute Gasteiger partial charge is 0.491 e. The van der Waals surface area contributed by atoms with Gasteiger partial charge >= 0.3 is 0 Å². The first-order valence-electron chi connectivity index (χ1n) is 10.3. The van der Waals surface area contributed by atoms with E-state index in [4.69, 9.17) is 9.72 Å². The smallest absolute Gasteiger partial charge is 0.178 e. The molecule has 2 aliphatic heterocycles. The van der Waals surface area contributed by atoms with E-state index < -0.39 is 0 Å². The maximum absolute atomic E-state index is 6.01. The number of hydrogen-bond acceptors (Lipinski definition) is 6. The van der Waals surface area contributed by atoms with Crippen molar-refractivity contribution < 1.29 is 4.74 Å². The van der Waals surface area contributed by atoms with Crippen LogP contribution in [0.2, 0.25) is 0 Å². The van der Waals surface area contributed by atoms with Gasteiger partial charge in [-0.2, -0.15) is 5.10 Å². The summed E-state index contributed by atoms with van der Waals surface area (Å²) in [6.07, 6.45) is 6.10. The molecule has 2 aromatic heterocycles. The van der Waals surface area contributed by atoms with E-state index in [-0.39, 0.29) is 6.04 Å².